The molecule has 0 bridgehead atoms. The lowest BCUT2D eigenvalue weighted by Gasteiger charge is -2.38. The molecule has 1 unspecified atom stereocenters. The third kappa shape index (κ3) is 5.01. The maximum atomic E-state index is 12.7. The lowest BCUT2D eigenvalue weighted by Crippen LogP contribution is -2.54. The number of pyridine rings is 1. The van der Waals surface area contributed by atoms with Gasteiger partial charge in [0.2, 0.25) is 5.91 Å². The summed E-state index contributed by atoms with van der Waals surface area (Å²) in [5, 5.41) is 2.95. The van der Waals surface area contributed by atoms with Gasteiger partial charge in [-0.05, 0) is 24.6 Å². The van der Waals surface area contributed by atoms with Crippen molar-refractivity contribution in [3.8, 4) is 0 Å². The predicted molar refractivity (Wildman–Crippen MR) is 101 cm³/mol. The van der Waals surface area contributed by atoms with E-state index in [0.29, 0.717) is 38.5 Å². The molecule has 2 aromatic rings. The fourth-order valence-corrected chi connectivity index (χ4v) is 3.18. The van der Waals surface area contributed by atoms with Gasteiger partial charge in [0.1, 0.15) is 5.82 Å². The average Bonchev–Trinajstić information content (AvgIpc) is 2.72. The molecule has 0 aliphatic carbocycles. The average molecular weight is 392 g/mol. The second-order valence-corrected chi connectivity index (χ2v) is 6.81. The zero-order chi connectivity index (χ0) is 20.1. The van der Waals surface area contributed by atoms with Gasteiger partial charge in [-0.1, -0.05) is 30.3 Å². The van der Waals surface area contributed by atoms with Crippen molar-refractivity contribution >= 4 is 11.7 Å². The Kier molecular flexibility index (Phi) is 6.18. The number of benzene rings is 1. The minimum Gasteiger partial charge on any atom is -0.354 e. The van der Waals surface area contributed by atoms with Gasteiger partial charge in [0, 0.05) is 38.9 Å². The van der Waals surface area contributed by atoms with E-state index in [1.54, 1.807) is 0 Å². The number of alkyl halides is 3. The second kappa shape index (κ2) is 8.60. The van der Waals surface area contributed by atoms with Gasteiger partial charge < -0.3 is 10.2 Å². The van der Waals surface area contributed by atoms with E-state index < -0.39 is 11.7 Å². The molecule has 1 aliphatic heterocycles. The molecule has 150 valence electrons. The summed E-state index contributed by atoms with van der Waals surface area (Å²) >= 11 is 0. The van der Waals surface area contributed by atoms with Crippen LogP contribution in [0.4, 0.5) is 19.0 Å². The van der Waals surface area contributed by atoms with E-state index in [9.17, 15) is 18.0 Å². The third-order valence-electron chi connectivity index (χ3n) is 4.95. The highest BCUT2D eigenvalue weighted by molar-refractivity contribution is 5.81. The zero-order valence-corrected chi connectivity index (χ0v) is 15.6. The Balaban J connectivity index is 1.49. The van der Waals surface area contributed by atoms with Gasteiger partial charge in [0.05, 0.1) is 11.6 Å². The summed E-state index contributed by atoms with van der Waals surface area (Å²) in [5.74, 6) is 0.485. The minimum atomic E-state index is -4.38. The molecule has 8 heteroatoms. The number of amides is 1. The first-order chi connectivity index (χ1) is 13.3. The van der Waals surface area contributed by atoms with E-state index >= 15 is 0 Å². The number of anilines is 1. The molecule has 1 aromatic heterocycles. The Morgan fingerprint density at radius 3 is 2.36 bits per heavy atom. The van der Waals surface area contributed by atoms with Gasteiger partial charge in [0.25, 0.3) is 0 Å². The Morgan fingerprint density at radius 2 is 1.79 bits per heavy atom. The highest BCUT2D eigenvalue weighted by Crippen LogP contribution is 2.29. The van der Waals surface area contributed by atoms with Crippen molar-refractivity contribution in [3.05, 3.63) is 59.8 Å². The maximum Gasteiger partial charge on any atom is 0.417 e. The van der Waals surface area contributed by atoms with Crippen molar-refractivity contribution in [2.45, 2.75) is 25.7 Å². The molecule has 2 heterocycles. The van der Waals surface area contributed by atoms with Crippen molar-refractivity contribution in [3.63, 3.8) is 0 Å². The SMILES string of the molecule is CC(C(=O)NCc1ccccc1)N1CCN(c2ccc(C(F)(F)F)cn2)CC1. The first-order valence-corrected chi connectivity index (χ1v) is 9.18. The van der Waals surface area contributed by atoms with Crippen LogP contribution in [0.15, 0.2) is 48.7 Å². The number of nitrogens with one attached hydrogen (secondary N) is 1. The molecule has 0 spiro atoms. The molecule has 1 N–H and O–H groups in total. The number of hydrogen-bond acceptors (Lipinski definition) is 4. The quantitative estimate of drug-likeness (QED) is 0.850. The molecule has 5 nitrogen and oxygen atoms in total. The Hall–Kier alpha value is -2.61. The van der Waals surface area contributed by atoms with Gasteiger partial charge in [-0.15, -0.1) is 0 Å². The largest absolute Gasteiger partial charge is 0.417 e. The Labute approximate surface area is 162 Å². The van der Waals surface area contributed by atoms with Gasteiger partial charge in [-0.25, -0.2) is 4.98 Å². The fraction of sp³-hybridized carbons (Fsp3) is 0.400. The first-order valence-electron chi connectivity index (χ1n) is 9.18. The van der Waals surface area contributed by atoms with Crippen molar-refractivity contribution in [1.29, 1.82) is 0 Å². The van der Waals surface area contributed by atoms with Crippen molar-refractivity contribution < 1.29 is 18.0 Å². The molecule has 1 atom stereocenters. The van der Waals surface area contributed by atoms with E-state index in [1.165, 1.54) is 6.07 Å². The molecule has 0 saturated carbocycles. The summed E-state index contributed by atoms with van der Waals surface area (Å²) in [6.07, 6.45) is -3.52. The van der Waals surface area contributed by atoms with Crippen LogP contribution in [0, 0.1) is 0 Å². The fourth-order valence-electron chi connectivity index (χ4n) is 3.18. The standard InChI is InChI=1S/C20H23F3N4O/c1-15(19(28)25-13-16-5-3-2-4-6-16)26-9-11-27(12-10-26)18-8-7-17(14-24-18)20(21,22)23/h2-8,14-15H,9-13H2,1H3,(H,25,28). The van der Waals surface area contributed by atoms with Crippen molar-refractivity contribution in [2.24, 2.45) is 0 Å². The van der Waals surface area contributed by atoms with Gasteiger partial charge >= 0.3 is 6.18 Å². The molecular weight excluding hydrogens is 369 g/mol. The van der Waals surface area contributed by atoms with Crippen molar-refractivity contribution in [2.75, 3.05) is 31.1 Å². The predicted octanol–water partition coefficient (Wildman–Crippen LogP) is 2.93. The lowest BCUT2D eigenvalue weighted by atomic mass is 10.2. The molecule has 0 radical (unpaired) electrons. The number of rotatable bonds is 5. The lowest BCUT2D eigenvalue weighted by molar-refractivity contribution is -0.137. The molecule has 1 amide bonds. The zero-order valence-electron chi connectivity index (χ0n) is 15.6. The number of carbonyl (C=O) groups is 1. The molecule has 1 aromatic carbocycles. The summed E-state index contributed by atoms with van der Waals surface area (Å²) < 4.78 is 38.0. The second-order valence-electron chi connectivity index (χ2n) is 6.81. The van der Waals surface area contributed by atoms with Crippen LogP contribution in [0.1, 0.15) is 18.1 Å². The number of carbonyl (C=O) groups excluding carboxylic acids is 1. The minimum absolute atomic E-state index is 0.0371. The van der Waals surface area contributed by atoms with Crippen LogP contribution in [0.3, 0.4) is 0 Å². The summed E-state index contributed by atoms with van der Waals surface area (Å²) in [6.45, 7) is 4.85. The molecular formula is C20H23F3N4O. The molecule has 1 aliphatic rings. The highest BCUT2D eigenvalue weighted by Gasteiger charge is 2.31. The summed E-state index contributed by atoms with van der Waals surface area (Å²) in [5.41, 5.74) is 0.292. The number of hydrogen-bond donors (Lipinski definition) is 1. The van der Waals surface area contributed by atoms with Crippen LogP contribution >= 0.6 is 0 Å². The van der Waals surface area contributed by atoms with Crippen LogP contribution in [-0.2, 0) is 17.5 Å². The smallest absolute Gasteiger partial charge is 0.354 e. The Morgan fingerprint density at radius 1 is 1.11 bits per heavy atom. The van der Waals surface area contributed by atoms with Crippen LogP contribution in [0.2, 0.25) is 0 Å². The van der Waals surface area contributed by atoms with Crippen LogP contribution in [-0.4, -0.2) is 48.0 Å². The first kappa shape index (κ1) is 20.1. The van der Waals surface area contributed by atoms with E-state index in [0.717, 1.165) is 17.8 Å². The van der Waals surface area contributed by atoms with E-state index in [1.807, 2.05) is 42.2 Å². The van der Waals surface area contributed by atoms with E-state index in [2.05, 4.69) is 15.2 Å². The molecule has 28 heavy (non-hydrogen) atoms. The van der Waals surface area contributed by atoms with Crippen molar-refractivity contribution in [1.82, 2.24) is 15.2 Å². The molecule has 3 rings (SSSR count). The topological polar surface area (TPSA) is 48.5 Å². The Bertz CT molecular complexity index is 772. The van der Waals surface area contributed by atoms with Crippen LogP contribution < -0.4 is 10.2 Å². The van der Waals surface area contributed by atoms with Gasteiger partial charge in [-0.3, -0.25) is 9.69 Å². The summed E-state index contributed by atoms with van der Waals surface area (Å²) in [4.78, 5) is 20.4. The monoisotopic (exact) mass is 392 g/mol. The molecule has 1 fully saturated rings. The van der Waals surface area contributed by atoms with Gasteiger partial charge in [0.15, 0.2) is 0 Å². The molecule has 1 saturated heterocycles. The van der Waals surface area contributed by atoms with Crippen LogP contribution in [0.5, 0.6) is 0 Å². The summed E-state index contributed by atoms with van der Waals surface area (Å²) in [6, 6.07) is 11.9. The van der Waals surface area contributed by atoms with E-state index in [4.69, 9.17) is 0 Å². The number of nitrogens with zero attached hydrogens (tertiary/aromatic N) is 3. The normalized spacial score (nSPS) is 16.6. The van der Waals surface area contributed by atoms with Crippen LogP contribution in [0.25, 0.3) is 0 Å². The maximum absolute atomic E-state index is 12.7. The number of halogens is 3. The third-order valence-corrected chi connectivity index (χ3v) is 4.95. The van der Waals surface area contributed by atoms with Gasteiger partial charge in [-0.2, -0.15) is 13.2 Å². The summed E-state index contributed by atoms with van der Waals surface area (Å²) in [7, 11) is 0. The highest BCUT2D eigenvalue weighted by atomic mass is 19.4. The number of aromatic nitrogens is 1. The number of piperazine rings is 1. The van der Waals surface area contributed by atoms with E-state index in [-0.39, 0.29) is 11.9 Å².